The Labute approximate surface area is 95.0 Å². The summed E-state index contributed by atoms with van der Waals surface area (Å²) in [5.41, 5.74) is 6.69. The summed E-state index contributed by atoms with van der Waals surface area (Å²) in [7, 11) is 0. The van der Waals surface area contributed by atoms with E-state index in [0.717, 1.165) is 12.1 Å². The van der Waals surface area contributed by atoms with Crippen LogP contribution in [-0.2, 0) is 15.9 Å². The predicted octanol–water partition coefficient (Wildman–Crippen LogP) is 0.454. The zero-order valence-electron chi connectivity index (χ0n) is 9.43. The van der Waals surface area contributed by atoms with E-state index in [4.69, 9.17) is 15.2 Å². The lowest BCUT2D eigenvalue weighted by Crippen LogP contribution is -2.24. The largest absolute Gasteiger partial charge is 0.376 e. The summed E-state index contributed by atoms with van der Waals surface area (Å²) in [5.74, 6) is 0.692. The van der Waals surface area contributed by atoms with Crippen molar-refractivity contribution in [1.29, 1.82) is 0 Å². The predicted molar refractivity (Wildman–Crippen MR) is 58.9 cm³/mol. The highest BCUT2D eigenvalue weighted by Gasteiger charge is 2.19. The highest BCUT2D eigenvalue weighted by Crippen LogP contribution is 2.16. The molecule has 1 aliphatic rings. The quantitative estimate of drug-likeness (QED) is 0.805. The normalized spacial score (nSPS) is 23.0. The summed E-state index contributed by atoms with van der Waals surface area (Å²) in [5, 5.41) is 0. The molecule has 1 aliphatic heterocycles. The summed E-state index contributed by atoms with van der Waals surface area (Å²) >= 11 is 0. The second-order valence-corrected chi connectivity index (χ2v) is 4.02. The van der Waals surface area contributed by atoms with Crippen molar-refractivity contribution in [3.8, 4) is 0 Å². The van der Waals surface area contributed by atoms with Gasteiger partial charge in [-0.2, -0.15) is 0 Å². The van der Waals surface area contributed by atoms with E-state index in [1.54, 1.807) is 6.20 Å². The van der Waals surface area contributed by atoms with Gasteiger partial charge in [-0.3, -0.25) is 0 Å². The van der Waals surface area contributed by atoms with E-state index >= 15 is 0 Å². The zero-order valence-corrected chi connectivity index (χ0v) is 9.43. The van der Waals surface area contributed by atoms with Gasteiger partial charge in [0.05, 0.1) is 19.8 Å². The van der Waals surface area contributed by atoms with Crippen LogP contribution >= 0.6 is 0 Å². The molecule has 0 amide bonds. The lowest BCUT2D eigenvalue weighted by molar-refractivity contribution is -0.0936. The van der Waals surface area contributed by atoms with Crippen LogP contribution in [-0.4, -0.2) is 35.8 Å². The Bertz CT molecular complexity index is 338. The standard InChI is InChI=1S/C11H17N3O2/c1-8(12)6-9-2-3-13-11(14-9)10-7-15-4-5-16-10/h2-3,8,10H,4-7,12H2,1H3. The molecule has 5 nitrogen and oxygen atoms in total. The minimum absolute atomic E-state index is 0.103. The molecule has 0 aromatic carbocycles. The first kappa shape index (κ1) is 11.4. The lowest BCUT2D eigenvalue weighted by Gasteiger charge is -2.21. The van der Waals surface area contributed by atoms with Crippen LogP contribution in [0.2, 0.25) is 0 Å². The van der Waals surface area contributed by atoms with E-state index in [2.05, 4.69) is 9.97 Å². The second kappa shape index (κ2) is 5.34. The van der Waals surface area contributed by atoms with Crippen LogP contribution in [0.1, 0.15) is 24.5 Å². The molecule has 2 unspecified atom stereocenters. The van der Waals surface area contributed by atoms with Crippen molar-refractivity contribution in [2.75, 3.05) is 19.8 Å². The van der Waals surface area contributed by atoms with Crippen molar-refractivity contribution >= 4 is 0 Å². The van der Waals surface area contributed by atoms with Gasteiger partial charge in [-0.25, -0.2) is 9.97 Å². The van der Waals surface area contributed by atoms with Crippen LogP contribution in [0.15, 0.2) is 12.3 Å². The fourth-order valence-electron chi connectivity index (χ4n) is 1.65. The van der Waals surface area contributed by atoms with E-state index in [1.165, 1.54) is 0 Å². The van der Waals surface area contributed by atoms with Gasteiger partial charge in [0.25, 0.3) is 0 Å². The van der Waals surface area contributed by atoms with Gasteiger partial charge in [0.2, 0.25) is 0 Å². The van der Waals surface area contributed by atoms with Crippen LogP contribution < -0.4 is 5.73 Å². The molecular formula is C11H17N3O2. The molecule has 5 heteroatoms. The molecule has 2 atom stereocenters. The second-order valence-electron chi connectivity index (χ2n) is 4.02. The van der Waals surface area contributed by atoms with Crippen molar-refractivity contribution in [1.82, 2.24) is 9.97 Å². The van der Waals surface area contributed by atoms with E-state index in [9.17, 15) is 0 Å². The highest BCUT2D eigenvalue weighted by atomic mass is 16.6. The maximum Gasteiger partial charge on any atom is 0.159 e. The van der Waals surface area contributed by atoms with Crippen LogP contribution in [0.4, 0.5) is 0 Å². The van der Waals surface area contributed by atoms with E-state index in [1.807, 2.05) is 13.0 Å². The van der Waals surface area contributed by atoms with E-state index < -0.39 is 0 Å². The van der Waals surface area contributed by atoms with Crippen molar-refractivity contribution in [3.63, 3.8) is 0 Å². The van der Waals surface area contributed by atoms with Gasteiger partial charge in [-0.05, 0) is 13.0 Å². The minimum Gasteiger partial charge on any atom is -0.376 e. The molecule has 1 saturated heterocycles. The molecule has 0 spiro atoms. The maximum absolute atomic E-state index is 5.74. The Morgan fingerprint density at radius 2 is 2.44 bits per heavy atom. The van der Waals surface area contributed by atoms with Crippen LogP contribution in [0.3, 0.4) is 0 Å². The lowest BCUT2D eigenvalue weighted by atomic mass is 10.2. The molecule has 0 aliphatic carbocycles. The average Bonchev–Trinajstić information content (AvgIpc) is 2.30. The van der Waals surface area contributed by atoms with E-state index in [0.29, 0.717) is 25.6 Å². The Balaban J connectivity index is 2.08. The molecule has 16 heavy (non-hydrogen) atoms. The summed E-state index contributed by atoms with van der Waals surface area (Å²) in [4.78, 5) is 8.65. The maximum atomic E-state index is 5.74. The SMILES string of the molecule is CC(N)Cc1ccnc(C2COCCO2)n1. The number of aromatic nitrogens is 2. The van der Waals surface area contributed by atoms with E-state index in [-0.39, 0.29) is 12.1 Å². The zero-order chi connectivity index (χ0) is 11.4. The van der Waals surface area contributed by atoms with Crippen molar-refractivity contribution < 1.29 is 9.47 Å². The number of rotatable bonds is 3. The van der Waals surface area contributed by atoms with Gasteiger partial charge in [-0.1, -0.05) is 0 Å². The monoisotopic (exact) mass is 223 g/mol. The summed E-state index contributed by atoms with van der Waals surface area (Å²) in [6.07, 6.45) is 2.36. The first-order valence-electron chi connectivity index (χ1n) is 5.52. The molecule has 2 N–H and O–H groups in total. The van der Waals surface area contributed by atoms with Crippen LogP contribution in [0.5, 0.6) is 0 Å². The molecule has 0 bridgehead atoms. The number of nitrogens with two attached hydrogens (primary N) is 1. The fourth-order valence-corrected chi connectivity index (χ4v) is 1.65. The summed E-state index contributed by atoms with van der Waals surface area (Å²) in [6.45, 7) is 3.74. The van der Waals surface area contributed by atoms with Crippen molar-refractivity contribution in [3.05, 3.63) is 23.8 Å². The van der Waals surface area contributed by atoms with Gasteiger partial charge < -0.3 is 15.2 Å². The Hall–Kier alpha value is -1.04. The number of hydrogen-bond acceptors (Lipinski definition) is 5. The van der Waals surface area contributed by atoms with Gasteiger partial charge in [0, 0.05) is 24.4 Å². The molecular weight excluding hydrogens is 206 g/mol. The van der Waals surface area contributed by atoms with Gasteiger partial charge >= 0.3 is 0 Å². The molecule has 0 radical (unpaired) electrons. The third-order valence-corrected chi connectivity index (χ3v) is 2.37. The fraction of sp³-hybridized carbons (Fsp3) is 0.636. The average molecular weight is 223 g/mol. The first-order valence-corrected chi connectivity index (χ1v) is 5.52. The first-order chi connectivity index (χ1) is 7.75. The number of ether oxygens (including phenoxy) is 2. The minimum atomic E-state index is -0.137. The molecule has 1 aromatic heterocycles. The van der Waals surface area contributed by atoms with Gasteiger partial charge in [0.15, 0.2) is 5.82 Å². The smallest absolute Gasteiger partial charge is 0.159 e. The number of nitrogens with zero attached hydrogens (tertiary/aromatic N) is 2. The van der Waals surface area contributed by atoms with Crippen LogP contribution in [0.25, 0.3) is 0 Å². The van der Waals surface area contributed by atoms with Crippen molar-refractivity contribution in [2.45, 2.75) is 25.5 Å². The topological polar surface area (TPSA) is 70.3 Å². The Kier molecular flexibility index (Phi) is 3.82. The highest BCUT2D eigenvalue weighted by molar-refractivity contribution is 5.06. The molecule has 1 fully saturated rings. The van der Waals surface area contributed by atoms with Gasteiger partial charge in [-0.15, -0.1) is 0 Å². The molecule has 0 saturated carbocycles. The summed E-state index contributed by atoms with van der Waals surface area (Å²) in [6, 6.07) is 1.99. The van der Waals surface area contributed by atoms with Crippen LogP contribution in [0, 0.1) is 0 Å². The third kappa shape index (κ3) is 2.98. The molecule has 2 heterocycles. The molecule has 1 aromatic rings. The third-order valence-electron chi connectivity index (χ3n) is 2.37. The van der Waals surface area contributed by atoms with Crippen molar-refractivity contribution in [2.24, 2.45) is 5.73 Å². The summed E-state index contributed by atoms with van der Waals surface area (Å²) < 4.78 is 10.9. The Morgan fingerprint density at radius 1 is 1.56 bits per heavy atom. The Morgan fingerprint density at radius 3 is 3.12 bits per heavy atom. The molecule has 88 valence electrons. The number of hydrogen-bond donors (Lipinski definition) is 1. The molecule has 2 rings (SSSR count). The van der Waals surface area contributed by atoms with Gasteiger partial charge in [0.1, 0.15) is 6.10 Å².